The Labute approximate surface area is 128 Å². The standard InChI is InChI=1S/C16H15ClN2O2/c1-12(20)19-18-10-13-4-8-16(9-5-13)21-11-14-2-6-15(17)7-3-14/h2-10H,11H2,1H3,(H,19,20). The number of halogens is 1. The lowest BCUT2D eigenvalue weighted by molar-refractivity contribution is -0.118. The number of amides is 1. The summed E-state index contributed by atoms with van der Waals surface area (Å²) in [6.07, 6.45) is 1.57. The summed E-state index contributed by atoms with van der Waals surface area (Å²) >= 11 is 5.83. The first-order valence-corrected chi connectivity index (χ1v) is 6.78. The summed E-state index contributed by atoms with van der Waals surface area (Å²) in [5.74, 6) is 0.566. The topological polar surface area (TPSA) is 50.7 Å². The Kier molecular flexibility index (Phi) is 5.35. The van der Waals surface area contributed by atoms with Gasteiger partial charge in [0, 0.05) is 11.9 Å². The van der Waals surface area contributed by atoms with Gasteiger partial charge in [-0.15, -0.1) is 0 Å². The molecular formula is C16H15ClN2O2. The summed E-state index contributed by atoms with van der Waals surface area (Å²) < 4.78 is 5.67. The van der Waals surface area contributed by atoms with Crippen molar-refractivity contribution in [3.63, 3.8) is 0 Å². The maximum absolute atomic E-state index is 10.7. The Balaban J connectivity index is 1.88. The molecule has 21 heavy (non-hydrogen) atoms. The number of carbonyl (C=O) groups is 1. The minimum atomic E-state index is -0.200. The first-order chi connectivity index (χ1) is 10.1. The molecule has 1 N–H and O–H groups in total. The van der Waals surface area contributed by atoms with Crippen LogP contribution < -0.4 is 10.2 Å². The van der Waals surface area contributed by atoms with Gasteiger partial charge in [0.25, 0.3) is 0 Å². The zero-order chi connectivity index (χ0) is 15.1. The van der Waals surface area contributed by atoms with Gasteiger partial charge in [0.2, 0.25) is 5.91 Å². The number of hydrogen-bond donors (Lipinski definition) is 1. The van der Waals surface area contributed by atoms with E-state index in [9.17, 15) is 4.79 Å². The molecule has 0 aliphatic carbocycles. The number of hydrogen-bond acceptors (Lipinski definition) is 3. The molecule has 0 aliphatic heterocycles. The van der Waals surface area contributed by atoms with Crippen LogP contribution in [0.15, 0.2) is 53.6 Å². The molecule has 0 saturated heterocycles. The molecular weight excluding hydrogens is 288 g/mol. The molecule has 0 atom stereocenters. The Morgan fingerprint density at radius 1 is 1.19 bits per heavy atom. The van der Waals surface area contributed by atoms with Crippen molar-refractivity contribution in [1.29, 1.82) is 0 Å². The van der Waals surface area contributed by atoms with E-state index >= 15 is 0 Å². The molecule has 1 amide bonds. The second-order valence-corrected chi connectivity index (χ2v) is 4.85. The van der Waals surface area contributed by atoms with Crippen molar-refractivity contribution >= 4 is 23.7 Å². The molecule has 0 radical (unpaired) electrons. The molecule has 2 rings (SSSR count). The smallest absolute Gasteiger partial charge is 0.236 e. The minimum absolute atomic E-state index is 0.200. The third-order valence-corrected chi connectivity index (χ3v) is 2.89. The molecule has 108 valence electrons. The van der Waals surface area contributed by atoms with Gasteiger partial charge in [0.15, 0.2) is 0 Å². The Morgan fingerprint density at radius 2 is 1.86 bits per heavy atom. The second-order valence-electron chi connectivity index (χ2n) is 4.41. The molecule has 0 saturated carbocycles. The number of ether oxygens (including phenoxy) is 1. The summed E-state index contributed by atoms with van der Waals surface area (Å²) in [7, 11) is 0. The lowest BCUT2D eigenvalue weighted by Gasteiger charge is -2.06. The van der Waals surface area contributed by atoms with Crippen molar-refractivity contribution in [2.75, 3.05) is 0 Å². The number of hydrazone groups is 1. The average molecular weight is 303 g/mol. The van der Waals surface area contributed by atoms with Crippen molar-refractivity contribution in [3.8, 4) is 5.75 Å². The lowest BCUT2D eigenvalue weighted by atomic mass is 10.2. The molecule has 0 aliphatic rings. The molecule has 2 aromatic carbocycles. The average Bonchev–Trinajstić information content (AvgIpc) is 2.48. The van der Waals surface area contributed by atoms with Crippen LogP contribution in [0.2, 0.25) is 5.02 Å². The van der Waals surface area contributed by atoms with Gasteiger partial charge < -0.3 is 4.74 Å². The third-order valence-electron chi connectivity index (χ3n) is 2.63. The normalized spacial score (nSPS) is 10.6. The molecule has 0 spiro atoms. The van der Waals surface area contributed by atoms with Gasteiger partial charge in [-0.25, -0.2) is 5.43 Å². The van der Waals surface area contributed by atoms with Crippen molar-refractivity contribution < 1.29 is 9.53 Å². The van der Waals surface area contributed by atoms with Gasteiger partial charge in [-0.1, -0.05) is 23.7 Å². The summed E-state index contributed by atoms with van der Waals surface area (Å²) in [5, 5.41) is 4.50. The van der Waals surface area contributed by atoms with Crippen molar-refractivity contribution in [2.45, 2.75) is 13.5 Å². The predicted molar refractivity (Wildman–Crippen MR) is 83.6 cm³/mol. The van der Waals surface area contributed by atoms with E-state index in [1.54, 1.807) is 6.21 Å². The maximum Gasteiger partial charge on any atom is 0.236 e. The van der Waals surface area contributed by atoms with Gasteiger partial charge in [0.05, 0.1) is 6.21 Å². The van der Waals surface area contributed by atoms with Crippen LogP contribution in [0.3, 0.4) is 0 Å². The minimum Gasteiger partial charge on any atom is -0.489 e. The fraction of sp³-hybridized carbons (Fsp3) is 0.125. The fourth-order valence-corrected chi connectivity index (χ4v) is 1.72. The Bertz CT molecular complexity index is 622. The molecule has 0 bridgehead atoms. The Hall–Kier alpha value is -2.33. The molecule has 0 fully saturated rings. The van der Waals surface area contributed by atoms with Crippen LogP contribution in [0.4, 0.5) is 0 Å². The molecule has 4 nitrogen and oxygen atoms in total. The molecule has 5 heteroatoms. The highest BCUT2D eigenvalue weighted by atomic mass is 35.5. The number of rotatable bonds is 5. The SMILES string of the molecule is CC(=O)NN=Cc1ccc(OCc2ccc(Cl)cc2)cc1. The van der Waals surface area contributed by atoms with Gasteiger partial charge in [0.1, 0.15) is 12.4 Å². The quantitative estimate of drug-likeness (QED) is 0.680. The highest BCUT2D eigenvalue weighted by Crippen LogP contribution is 2.15. The van der Waals surface area contributed by atoms with Gasteiger partial charge in [-0.2, -0.15) is 5.10 Å². The second kappa shape index (κ2) is 7.45. The zero-order valence-corrected chi connectivity index (χ0v) is 12.3. The predicted octanol–water partition coefficient (Wildman–Crippen LogP) is 3.39. The first kappa shape index (κ1) is 15.1. The van der Waals surface area contributed by atoms with Crippen LogP contribution in [0.25, 0.3) is 0 Å². The molecule has 0 heterocycles. The van der Waals surface area contributed by atoms with E-state index in [0.717, 1.165) is 16.9 Å². The van der Waals surface area contributed by atoms with Crippen molar-refractivity contribution in [3.05, 3.63) is 64.7 Å². The lowest BCUT2D eigenvalue weighted by Crippen LogP contribution is -2.12. The number of carbonyl (C=O) groups excluding carboxylic acids is 1. The van der Waals surface area contributed by atoms with Crippen LogP contribution >= 0.6 is 11.6 Å². The first-order valence-electron chi connectivity index (χ1n) is 6.40. The van der Waals surface area contributed by atoms with Gasteiger partial charge >= 0.3 is 0 Å². The monoisotopic (exact) mass is 302 g/mol. The third kappa shape index (κ3) is 5.28. The van der Waals surface area contributed by atoms with Crippen LogP contribution in [-0.4, -0.2) is 12.1 Å². The highest BCUT2D eigenvalue weighted by Gasteiger charge is 1.97. The Morgan fingerprint density at radius 3 is 2.48 bits per heavy atom. The van der Waals surface area contributed by atoms with E-state index in [1.807, 2.05) is 48.5 Å². The number of nitrogens with one attached hydrogen (secondary N) is 1. The van der Waals surface area contributed by atoms with E-state index in [-0.39, 0.29) is 5.91 Å². The zero-order valence-electron chi connectivity index (χ0n) is 11.5. The van der Waals surface area contributed by atoms with E-state index in [4.69, 9.17) is 16.3 Å². The van der Waals surface area contributed by atoms with E-state index in [2.05, 4.69) is 10.5 Å². The fourth-order valence-electron chi connectivity index (χ4n) is 1.60. The maximum atomic E-state index is 10.7. The highest BCUT2D eigenvalue weighted by molar-refractivity contribution is 6.30. The summed E-state index contributed by atoms with van der Waals surface area (Å²) in [4.78, 5) is 10.7. The van der Waals surface area contributed by atoms with E-state index < -0.39 is 0 Å². The summed E-state index contributed by atoms with van der Waals surface area (Å²) in [5.41, 5.74) is 4.28. The molecule has 2 aromatic rings. The largest absolute Gasteiger partial charge is 0.489 e. The molecule has 0 aromatic heterocycles. The van der Waals surface area contributed by atoms with Crippen LogP contribution in [0.1, 0.15) is 18.1 Å². The van der Waals surface area contributed by atoms with Crippen LogP contribution in [-0.2, 0) is 11.4 Å². The van der Waals surface area contributed by atoms with Crippen LogP contribution in [0, 0.1) is 0 Å². The van der Waals surface area contributed by atoms with Gasteiger partial charge in [-0.05, 0) is 47.5 Å². The van der Waals surface area contributed by atoms with E-state index in [1.165, 1.54) is 6.92 Å². The van der Waals surface area contributed by atoms with Crippen LogP contribution in [0.5, 0.6) is 5.75 Å². The number of nitrogens with zero attached hydrogens (tertiary/aromatic N) is 1. The summed E-state index contributed by atoms with van der Waals surface area (Å²) in [6.45, 7) is 1.89. The van der Waals surface area contributed by atoms with E-state index in [0.29, 0.717) is 11.6 Å². The molecule has 0 unspecified atom stereocenters. The number of benzene rings is 2. The van der Waals surface area contributed by atoms with Crippen molar-refractivity contribution in [1.82, 2.24) is 5.43 Å². The van der Waals surface area contributed by atoms with Crippen molar-refractivity contribution in [2.24, 2.45) is 5.10 Å². The van der Waals surface area contributed by atoms with Gasteiger partial charge in [-0.3, -0.25) is 4.79 Å². The summed E-state index contributed by atoms with van der Waals surface area (Å²) in [6, 6.07) is 15.0.